The minimum absolute atomic E-state index is 0.00360. The molecule has 4 rings (SSSR count). The highest BCUT2D eigenvalue weighted by molar-refractivity contribution is 5.33. The van der Waals surface area contributed by atoms with Gasteiger partial charge < -0.3 is 9.47 Å². The molecule has 166 valence electrons. The van der Waals surface area contributed by atoms with Crippen molar-refractivity contribution in [3.8, 4) is 11.8 Å². The first-order valence-corrected chi connectivity index (χ1v) is 11.0. The monoisotopic (exact) mass is 437 g/mol. The summed E-state index contributed by atoms with van der Waals surface area (Å²) in [4.78, 5) is 0. The minimum Gasteiger partial charge on any atom is -0.370 e. The highest BCUT2D eigenvalue weighted by atomic mass is 16.5. The third-order valence-electron chi connectivity index (χ3n) is 5.26. The molecule has 3 aromatic carbocycles. The largest absolute Gasteiger partial charge is 0.370 e. The van der Waals surface area contributed by atoms with E-state index < -0.39 is 0 Å². The lowest BCUT2D eigenvalue weighted by Crippen LogP contribution is -2.11. The van der Waals surface area contributed by atoms with Crippen LogP contribution in [-0.4, -0.2) is 21.6 Å². The van der Waals surface area contributed by atoms with Gasteiger partial charge in [-0.15, -0.1) is 5.10 Å². The number of benzene rings is 3. The van der Waals surface area contributed by atoms with Crippen molar-refractivity contribution in [2.45, 2.75) is 32.8 Å². The van der Waals surface area contributed by atoms with Gasteiger partial charge in [0.2, 0.25) is 0 Å². The second-order valence-electron chi connectivity index (χ2n) is 7.67. The molecule has 5 nitrogen and oxygen atoms in total. The van der Waals surface area contributed by atoms with E-state index >= 15 is 0 Å². The zero-order chi connectivity index (χ0) is 22.7. The Morgan fingerprint density at radius 2 is 1.33 bits per heavy atom. The predicted molar refractivity (Wildman–Crippen MR) is 128 cm³/mol. The lowest BCUT2D eigenvalue weighted by molar-refractivity contribution is 0.104. The quantitative estimate of drug-likeness (QED) is 0.268. The maximum Gasteiger partial charge on any atom is 0.137 e. The smallest absolute Gasteiger partial charge is 0.137 e. The number of aromatic nitrogens is 3. The van der Waals surface area contributed by atoms with Crippen LogP contribution in [0.5, 0.6) is 0 Å². The van der Waals surface area contributed by atoms with Crippen molar-refractivity contribution in [3.05, 3.63) is 119 Å². The summed E-state index contributed by atoms with van der Waals surface area (Å²) in [6.45, 7) is 3.79. The van der Waals surface area contributed by atoms with Gasteiger partial charge in [-0.2, -0.15) is 0 Å². The van der Waals surface area contributed by atoms with Crippen LogP contribution in [0.3, 0.4) is 0 Å². The lowest BCUT2D eigenvalue weighted by atomic mass is 10.1. The zero-order valence-corrected chi connectivity index (χ0v) is 18.7. The van der Waals surface area contributed by atoms with E-state index in [1.165, 1.54) is 0 Å². The van der Waals surface area contributed by atoms with Gasteiger partial charge in [0.15, 0.2) is 0 Å². The van der Waals surface area contributed by atoms with Gasteiger partial charge in [0, 0.05) is 0 Å². The fourth-order valence-electron chi connectivity index (χ4n) is 3.45. The average molecular weight is 438 g/mol. The first-order valence-electron chi connectivity index (χ1n) is 11.0. The van der Waals surface area contributed by atoms with Crippen LogP contribution >= 0.6 is 0 Å². The Morgan fingerprint density at radius 1 is 0.758 bits per heavy atom. The molecule has 0 saturated heterocycles. The van der Waals surface area contributed by atoms with Crippen LogP contribution in [0.2, 0.25) is 0 Å². The van der Waals surface area contributed by atoms with Gasteiger partial charge in [-0.3, -0.25) is 0 Å². The molecule has 0 N–H and O–H groups in total. The fraction of sp³-hybridized carbons (Fsp3) is 0.214. The van der Waals surface area contributed by atoms with Gasteiger partial charge in [0.1, 0.15) is 18.0 Å². The Bertz CT molecular complexity index is 1180. The first kappa shape index (κ1) is 22.5. The van der Waals surface area contributed by atoms with Gasteiger partial charge in [0.25, 0.3) is 0 Å². The molecule has 0 radical (unpaired) electrons. The molecule has 33 heavy (non-hydrogen) atoms. The molecule has 0 fully saturated rings. The molecule has 5 heteroatoms. The summed E-state index contributed by atoms with van der Waals surface area (Å²) < 4.78 is 13.5. The van der Waals surface area contributed by atoms with E-state index in [1.807, 2.05) is 83.5 Å². The van der Waals surface area contributed by atoms with Crippen molar-refractivity contribution in [2.24, 2.45) is 0 Å². The maximum atomic E-state index is 5.92. The molecule has 0 aliphatic heterocycles. The Hall–Kier alpha value is -3.72. The van der Waals surface area contributed by atoms with Crippen LogP contribution in [0.15, 0.2) is 91.0 Å². The number of rotatable bonds is 9. The molecule has 0 aliphatic rings. The highest BCUT2D eigenvalue weighted by Crippen LogP contribution is 2.20. The highest BCUT2D eigenvalue weighted by Gasteiger charge is 2.17. The summed E-state index contributed by atoms with van der Waals surface area (Å²) >= 11 is 0. The van der Waals surface area contributed by atoms with Crippen LogP contribution in [0.25, 0.3) is 0 Å². The van der Waals surface area contributed by atoms with Gasteiger partial charge in [0.05, 0.1) is 25.9 Å². The minimum atomic E-state index is -0.00360. The third kappa shape index (κ3) is 6.39. The van der Waals surface area contributed by atoms with Crippen LogP contribution in [-0.2, 0) is 29.3 Å². The van der Waals surface area contributed by atoms with E-state index in [0.717, 1.165) is 28.1 Å². The average Bonchev–Trinajstić information content (AvgIpc) is 3.27. The summed E-state index contributed by atoms with van der Waals surface area (Å²) in [6, 6.07) is 30.4. The lowest BCUT2D eigenvalue weighted by Gasteiger charge is -2.13. The second kappa shape index (κ2) is 11.8. The van der Waals surface area contributed by atoms with Gasteiger partial charge >= 0.3 is 0 Å². The van der Waals surface area contributed by atoms with Gasteiger partial charge in [-0.25, -0.2) is 4.68 Å². The van der Waals surface area contributed by atoms with Crippen molar-refractivity contribution in [1.82, 2.24) is 15.0 Å². The Morgan fingerprint density at radius 3 is 1.97 bits per heavy atom. The van der Waals surface area contributed by atoms with Gasteiger partial charge in [-0.1, -0.05) is 102 Å². The van der Waals surface area contributed by atoms with E-state index in [9.17, 15) is 0 Å². The van der Waals surface area contributed by atoms with Gasteiger partial charge in [-0.05, 0) is 29.5 Å². The Kier molecular flexibility index (Phi) is 8.02. The Labute approximate surface area is 195 Å². The summed E-state index contributed by atoms with van der Waals surface area (Å²) in [5.74, 6) is 6.36. The molecule has 0 unspecified atom stereocenters. The van der Waals surface area contributed by atoms with Crippen molar-refractivity contribution >= 4 is 0 Å². The zero-order valence-electron chi connectivity index (χ0n) is 18.7. The fourth-order valence-corrected chi connectivity index (χ4v) is 3.45. The third-order valence-corrected chi connectivity index (χ3v) is 5.26. The summed E-state index contributed by atoms with van der Waals surface area (Å²) in [5.41, 5.74) is 4.86. The summed E-state index contributed by atoms with van der Waals surface area (Å²) in [6.07, 6.45) is 0. The molecule has 1 aromatic heterocycles. The summed E-state index contributed by atoms with van der Waals surface area (Å²) in [5, 5.41) is 8.79. The second-order valence-corrected chi connectivity index (χ2v) is 7.67. The number of ether oxygens (including phenoxy) is 2. The number of nitrogens with zero attached hydrogens (tertiary/aromatic N) is 3. The molecule has 1 heterocycles. The molecule has 0 bridgehead atoms. The number of hydrogen-bond donors (Lipinski definition) is 0. The van der Waals surface area contributed by atoms with Crippen molar-refractivity contribution < 1.29 is 9.47 Å². The molecule has 0 saturated carbocycles. The Balaban J connectivity index is 1.47. The molecular weight excluding hydrogens is 410 g/mol. The van der Waals surface area contributed by atoms with Crippen molar-refractivity contribution in [1.29, 1.82) is 0 Å². The van der Waals surface area contributed by atoms with E-state index in [-0.39, 0.29) is 6.04 Å². The van der Waals surface area contributed by atoms with E-state index in [4.69, 9.17) is 9.47 Å². The predicted octanol–water partition coefficient (Wildman–Crippen LogP) is 5.17. The van der Waals surface area contributed by atoms with E-state index in [2.05, 4.69) is 41.2 Å². The molecular formula is C28H27N3O2. The maximum absolute atomic E-state index is 5.92. The topological polar surface area (TPSA) is 49.2 Å². The van der Waals surface area contributed by atoms with E-state index in [1.54, 1.807) is 0 Å². The van der Waals surface area contributed by atoms with Crippen molar-refractivity contribution in [2.75, 3.05) is 6.61 Å². The molecule has 0 amide bonds. The standard InChI is InChI=1S/C28H27N3O2/c1-23(26-16-9-4-10-17-26)31-28(18-11-19-32-20-24-12-5-2-6-13-24)27(29-30-31)22-33-21-25-14-7-3-8-15-25/h2-10,12-17,23H,19-22H2,1H3/t23-/m1/s1. The van der Waals surface area contributed by atoms with Crippen LogP contribution < -0.4 is 0 Å². The van der Waals surface area contributed by atoms with Crippen LogP contribution in [0.1, 0.15) is 41.0 Å². The SMILES string of the molecule is C[C@H](c1ccccc1)n1nnc(COCc2ccccc2)c1C#CCOCc1ccccc1. The number of hydrogen-bond acceptors (Lipinski definition) is 4. The molecule has 1 atom stereocenters. The summed E-state index contributed by atoms with van der Waals surface area (Å²) in [7, 11) is 0. The van der Waals surface area contributed by atoms with Crippen LogP contribution in [0.4, 0.5) is 0 Å². The van der Waals surface area contributed by atoms with E-state index in [0.29, 0.717) is 26.4 Å². The van der Waals surface area contributed by atoms with Crippen LogP contribution in [0, 0.1) is 11.8 Å². The molecule has 0 aliphatic carbocycles. The molecule has 4 aromatic rings. The van der Waals surface area contributed by atoms with Crippen molar-refractivity contribution in [3.63, 3.8) is 0 Å². The molecule has 0 spiro atoms. The normalized spacial score (nSPS) is 11.5. The first-order chi connectivity index (χ1) is 16.3.